The minimum Gasteiger partial charge on any atom is -0.481 e. The Bertz CT molecular complexity index is 2800. The quantitative estimate of drug-likeness (QED) is 0.00571. The molecule has 0 fully saturated rings. The molecular formula is C89H128O14. The molecule has 0 spiro atoms. The molecule has 14 heteroatoms. The Kier molecular flexibility index (Phi) is 89.1. The van der Waals surface area contributed by atoms with Crippen molar-refractivity contribution in [1.82, 2.24) is 0 Å². The number of allylic oxidation sites excluding steroid dienone is 37. The number of ether oxygens (including phenoxy) is 1. The van der Waals surface area contributed by atoms with Crippen LogP contribution in [0.1, 0.15) is 207 Å². The molecule has 0 aromatic heterocycles. The van der Waals surface area contributed by atoms with Crippen LogP contribution >= 0.6 is 0 Å². The third kappa shape index (κ3) is 99.7. The van der Waals surface area contributed by atoms with E-state index in [1.165, 1.54) is 0 Å². The molecule has 0 saturated heterocycles. The molecule has 0 radical (unpaired) electrons. The van der Waals surface area contributed by atoms with Crippen molar-refractivity contribution in [2.24, 2.45) is 0 Å². The molecule has 0 aliphatic heterocycles. The maximum Gasteiger partial charge on any atom is 0.303 e. The van der Waals surface area contributed by atoms with E-state index in [1.54, 1.807) is 18.2 Å². The third-order valence-electron chi connectivity index (χ3n) is 13.1. The van der Waals surface area contributed by atoms with Crippen LogP contribution in [-0.4, -0.2) is 91.4 Å². The molecule has 0 bridgehead atoms. The van der Waals surface area contributed by atoms with Gasteiger partial charge in [0.25, 0.3) is 6.47 Å². The molecule has 0 aromatic rings. The van der Waals surface area contributed by atoms with Crippen molar-refractivity contribution in [3.05, 3.63) is 279 Å². The molecule has 0 saturated carbocycles. The van der Waals surface area contributed by atoms with E-state index in [-0.39, 0.29) is 25.4 Å². The Morgan fingerprint density at radius 2 is 0.621 bits per heavy atom. The van der Waals surface area contributed by atoms with Crippen molar-refractivity contribution in [2.45, 2.75) is 232 Å². The molecule has 0 unspecified atom stereocenters. The number of carboxylic acids is 3. The Morgan fingerprint density at radius 1 is 0.330 bits per heavy atom. The number of carbonyl (C=O) groups excluding carboxylic acids is 1. The van der Waals surface area contributed by atoms with Gasteiger partial charge < -0.3 is 30.3 Å². The number of hydrogen-bond donors (Lipinski definition) is 7. The van der Waals surface area contributed by atoms with Crippen molar-refractivity contribution in [2.75, 3.05) is 6.61 Å². The number of carbonyl (C=O) groups is 4. The summed E-state index contributed by atoms with van der Waals surface area (Å²) in [7, 11) is 0. The molecule has 4 atom stereocenters. The first kappa shape index (κ1) is 101. The van der Waals surface area contributed by atoms with Crippen LogP contribution in [0.15, 0.2) is 279 Å². The van der Waals surface area contributed by atoms with Gasteiger partial charge in [0.15, 0.2) is 0 Å². The number of aliphatic hydroxyl groups is 2. The lowest BCUT2D eigenvalue weighted by Crippen LogP contribution is -2.05. The Hall–Kier alpha value is -8.78. The molecule has 7 N–H and O–H groups in total. The lowest BCUT2D eigenvalue weighted by Gasteiger charge is -2.04. The second kappa shape index (κ2) is 91.2. The van der Waals surface area contributed by atoms with E-state index in [2.05, 4.69) is 176 Å². The summed E-state index contributed by atoms with van der Waals surface area (Å²) >= 11 is 0. The minimum absolute atomic E-state index is 0.190. The zero-order chi connectivity index (χ0) is 76.3. The molecule has 0 aromatic carbocycles. The first-order valence-corrected chi connectivity index (χ1v) is 36.6. The van der Waals surface area contributed by atoms with Crippen LogP contribution < -0.4 is 0 Å². The van der Waals surface area contributed by atoms with E-state index in [0.29, 0.717) is 70.9 Å². The fraction of sp³-hybridized carbons (Fsp3) is 0.416. The molecule has 0 aliphatic carbocycles. The van der Waals surface area contributed by atoms with Crippen molar-refractivity contribution < 1.29 is 69.7 Å². The van der Waals surface area contributed by atoms with Gasteiger partial charge >= 0.3 is 17.9 Å². The van der Waals surface area contributed by atoms with Gasteiger partial charge in [0.2, 0.25) is 0 Å². The molecule has 0 heterocycles. The smallest absolute Gasteiger partial charge is 0.303 e. The maximum absolute atomic E-state index is 10.3. The summed E-state index contributed by atoms with van der Waals surface area (Å²) in [5.74, 6) is 3.76. The van der Waals surface area contributed by atoms with E-state index in [9.17, 15) is 29.4 Å². The molecule has 0 aliphatic rings. The van der Waals surface area contributed by atoms with Gasteiger partial charge in [-0.1, -0.05) is 313 Å². The summed E-state index contributed by atoms with van der Waals surface area (Å²) in [6, 6.07) is 0. The number of unbranched alkanes of at least 4 members (excludes halogenated alkanes) is 1. The van der Waals surface area contributed by atoms with Crippen molar-refractivity contribution in [1.29, 1.82) is 0 Å². The molecular weight excluding hydrogens is 1290 g/mol. The van der Waals surface area contributed by atoms with Crippen LogP contribution in [0.2, 0.25) is 0 Å². The number of aliphatic hydroxyl groups excluding tert-OH is 2. The normalized spacial score (nSPS) is 14.0. The SMILES string of the molecule is CC/C=C\C/C=C\C/C=C\C/C=C\C/C=C\CC#CCCCC(=O)O.CC/C=C\C[C@@H](/C=C/C=C\C/C=C\C/C=C\C/C=C\CCC(=O)O)OO.CC/C=C\C[C@@H](O)/C=C/C=C\C/C=C\C/C=C\C/C=C\CCC(=O)O.CC/C=C\C[C@@H](O)/C=C/C=C\C/C=C\C=C\[C@@H](C/C=C\CCOC=O)OO. The van der Waals surface area contributed by atoms with Crippen LogP contribution in [0, 0.1) is 11.8 Å². The summed E-state index contributed by atoms with van der Waals surface area (Å²) in [6.07, 6.45) is 112. The number of hydrogen-bond acceptors (Lipinski definition) is 11. The van der Waals surface area contributed by atoms with E-state index in [0.717, 1.165) is 103 Å². The van der Waals surface area contributed by atoms with Gasteiger partial charge in [-0.2, -0.15) is 0 Å². The van der Waals surface area contributed by atoms with Crippen LogP contribution in [0.4, 0.5) is 0 Å². The van der Waals surface area contributed by atoms with Crippen molar-refractivity contribution in [3.63, 3.8) is 0 Å². The van der Waals surface area contributed by atoms with E-state index in [1.807, 2.05) is 140 Å². The Balaban J connectivity index is -0.000000635. The van der Waals surface area contributed by atoms with Crippen LogP contribution in [-0.2, 0) is 33.7 Å². The highest BCUT2D eigenvalue weighted by Crippen LogP contribution is 2.06. The van der Waals surface area contributed by atoms with Gasteiger partial charge in [-0.15, -0.1) is 5.92 Å². The van der Waals surface area contributed by atoms with Gasteiger partial charge in [-0.05, 0) is 148 Å². The first-order chi connectivity index (χ1) is 50.4. The highest BCUT2D eigenvalue weighted by molar-refractivity contribution is 5.67. The largest absolute Gasteiger partial charge is 0.481 e. The second-order valence-electron chi connectivity index (χ2n) is 22.3. The number of carboxylic acid groups (broad SMARTS) is 3. The topological polar surface area (TPSA) is 238 Å². The van der Waals surface area contributed by atoms with Crippen LogP contribution in [0.3, 0.4) is 0 Å². The van der Waals surface area contributed by atoms with Crippen molar-refractivity contribution in [3.8, 4) is 11.8 Å². The van der Waals surface area contributed by atoms with E-state index in [4.69, 9.17) is 25.8 Å². The van der Waals surface area contributed by atoms with Gasteiger partial charge in [-0.3, -0.25) is 29.7 Å². The average molecular weight is 1420 g/mol. The summed E-state index contributed by atoms with van der Waals surface area (Å²) < 4.78 is 4.56. The first-order valence-electron chi connectivity index (χ1n) is 36.6. The maximum atomic E-state index is 10.3. The molecule has 0 rings (SSSR count). The fourth-order valence-corrected chi connectivity index (χ4v) is 7.64. The number of rotatable bonds is 58. The monoisotopic (exact) mass is 1420 g/mol. The summed E-state index contributed by atoms with van der Waals surface area (Å²) in [5, 5.41) is 62.5. The highest BCUT2D eigenvalue weighted by atomic mass is 17.1. The fourth-order valence-electron chi connectivity index (χ4n) is 7.64. The van der Waals surface area contributed by atoms with Gasteiger partial charge in [0, 0.05) is 32.1 Å². The molecule has 0 amide bonds. The van der Waals surface area contributed by atoms with E-state index < -0.39 is 36.2 Å². The van der Waals surface area contributed by atoms with Crippen LogP contribution in [0.5, 0.6) is 0 Å². The summed E-state index contributed by atoms with van der Waals surface area (Å²) in [4.78, 5) is 49.7. The highest BCUT2D eigenvalue weighted by Gasteiger charge is 2.02. The van der Waals surface area contributed by atoms with Gasteiger partial charge in [0.05, 0.1) is 18.8 Å². The van der Waals surface area contributed by atoms with E-state index >= 15 is 0 Å². The predicted molar refractivity (Wildman–Crippen MR) is 432 cm³/mol. The van der Waals surface area contributed by atoms with Crippen LogP contribution in [0.25, 0.3) is 0 Å². The standard InChI is InChI=1S/C23H32O2.C22H32O5.C22H32O4.C22H32O3/c1-2-3-4-5-6-7-8-9-10-11-12-13-14-15-16-17-18-19-20-21-22-23(24)25;1-2-3-10-15-21(24)16-11-7-5-4-6-8-12-17-22(27-25)18-13-9-14-19-26-20-23;1-2-3-15-18-21(26-25)19-16-13-11-9-7-5-4-6-8-10-12-14-17-20-22(23)24;1-2-3-15-18-21(23)19-16-13-11-9-7-5-4-6-8-10-12-14-17-20-22(24)25/h3-4,6-7,9-10,12-13,15-16H,2,5,8,11,14,17,20-22H2,1H3,(H,24,25);3,5-13,16-17,20-22,24-25H,2,4,14-15,18-19H2,1H3;3,5-8,11-16,19,21,25H,2,4,9-10,17-18,20H2,1H3,(H,23,24);3,5-8,11-16,19,21,23H,2,4,9-10,17-18,20H2,1H3,(H,24,25)/b4-3-,7-6-,10-9-,13-12-,16-15-;7-5-,8-6-,10-3-,13-9-,16-11+,17-12+;2*7-5-,8-6-,13-11-,14-12-,15-3-,19-16+/t;21-,22+;2*21-/m.101/s1. The molecule has 14 nitrogen and oxygen atoms in total. The summed E-state index contributed by atoms with van der Waals surface area (Å²) in [6.45, 7) is 9.12. The third-order valence-corrected chi connectivity index (χ3v) is 13.1. The van der Waals surface area contributed by atoms with Gasteiger partial charge in [-0.25, -0.2) is 9.78 Å². The summed E-state index contributed by atoms with van der Waals surface area (Å²) in [5.41, 5.74) is 0. The Labute approximate surface area is 620 Å². The lowest BCUT2D eigenvalue weighted by atomic mass is 10.2. The average Bonchev–Trinajstić information content (AvgIpc) is 3.75. The minimum atomic E-state index is -0.759. The van der Waals surface area contributed by atoms with Crippen molar-refractivity contribution >= 4 is 24.4 Å². The zero-order valence-electron chi connectivity index (χ0n) is 62.4. The Morgan fingerprint density at radius 3 is 0.971 bits per heavy atom. The predicted octanol–water partition coefficient (Wildman–Crippen LogP) is 22.6. The zero-order valence-corrected chi connectivity index (χ0v) is 62.4. The lowest BCUT2D eigenvalue weighted by molar-refractivity contribution is -0.264. The van der Waals surface area contributed by atoms with Gasteiger partial charge in [0.1, 0.15) is 12.2 Å². The molecule has 103 heavy (non-hydrogen) atoms. The molecule has 568 valence electrons. The second-order valence-corrected chi connectivity index (χ2v) is 22.3. The number of aliphatic carboxylic acids is 3.